The SMILES string of the molecule is C=CC=C.[Pt]. The molecule has 0 fully saturated rings. The average Bonchev–Trinajstić information content (AvgIpc) is 1.37. The van der Waals surface area contributed by atoms with Crippen LogP contribution in [0, 0.1) is 0 Å². The van der Waals surface area contributed by atoms with Gasteiger partial charge in [0.05, 0.1) is 0 Å². The Morgan fingerprint density at radius 2 is 1.20 bits per heavy atom. The molecule has 0 aromatic carbocycles. The third kappa shape index (κ3) is 14.4. The van der Waals surface area contributed by atoms with Gasteiger partial charge in [-0.1, -0.05) is 25.3 Å². The predicted octanol–water partition coefficient (Wildman–Crippen LogP) is 1.36. The minimum absolute atomic E-state index is 0. The Morgan fingerprint density at radius 1 is 1.00 bits per heavy atom. The van der Waals surface area contributed by atoms with Crippen LogP contribution in [0.25, 0.3) is 0 Å². The molecule has 0 N–H and O–H groups in total. The van der Waals surface area contributed by atoms with E-state index in [2.05, 4.69) is 13.2 Å². The summed E-state index contributed by atoms with van der Waals surface area (Å²) in [5, 5.41) is 0. The van der Waals surface area contributed by atoms with Gasteiger partial charge in [-0.25, -0.2) is 0 Å². The Labute approximate surface area is 46.8 Å². The maximum absolute atomic E-state index is 3.36. The van der Waals surface area contributed by atoms with Crippen molar-refractivity contribution in [2.45, 2.75) is 0 Å². The number of hydrogen-bond donors (Lipinski definition) is 0. The molecular formula is C4H6Pt. The van der Waals surface area contributed by atoms with Gasteiger partial charge in [-0.05, 0) is 0 Å². The minimum atomic E-state index is 0. The van der Waals surface area contributed by atoms with Gasteiger partial charge in [0.2, 0.25) is 0 Å². The molecule has 5 heavy (non-hydrogen) atoms. The van der Waals surface area contributed by atoms with Crippen molar-refractivity contribution < 1.29 is 21.1 Å². The Kier molecular flexibility index (Phi) is 15.9. The van der Waals surface area contributed by atoms with Crippen LogP contribution in [0.2, 0.25) is 0 Å². The zero-order valence-corrected chi connectivity index (χ0v) is 5.16. The maximum atomic E-state index is 3.36. The van der Waals surface area contributed by atoms with E-state index in [1.807, 2.05) is 0 Å². The molecular weight excluding hydrogens is 243 g/mol. The summed E-state index contributed by atoms with van der Waals surface area (Å²) in [6, 6.07) is 0. The maximum Gasteiger partial charge on any atom is 0 e. The molecule has 1 heteroatoms. The molecule has 0 saturated carbocycles. The van der Waals surface area contributed by atoms with E-state index < -0.39 is 0 Å². The molecule has 0 aliphatic carbocycles. The van der Waals surface area contributed by atoms with Gasteiger partial charge in [0.25, 0.3) is 0 Å². The largest absolute Gasteiger partial charge is 0.0991 e. The first-order valence-electron chi connectivity index (χ1n) is 1.15. The van der Waals surface area contributed by atoms with E-state index in [1.165, 1.54) is 0 Å². The van der Waals surface area contributed by atoms with Gasteiger partial charge in [-0.3, -0.25) is 0 Å². The molecule has 0 radical (unpaired) electrons. The fourth-order valence-electron chi connectivity index (χ4n) is 0. The summed E-state index contributed by atoms with van der Waals surface area (Å²) in [5.41, 5.74) is 0. The third-order valence-electron chi connectivity index (χ3n) is 0.167. The summed E-state index contributed by atoms with van der Waals surface area (Å²) in [6.07, 6.45) is 3.28. The van der Waals surface area contributed by atoms with Crippen LogP contribution in [0.15, 0.2) is 25.3 Å². The summed E-state index contributed by atoms with van der Waals surface area (Å²) in [6.45, 7) is 6.72. The van der Waals surface area contributed by atoms with E-state index in [0.717, 1.165) is 0 Å². The van der Waals surface area contributed by atoms with E-state index >= 15 is 0 Å². The van der Waals surface area contributed by atoms with Gasteiger partial charge < -0.3 is 0 Å². The first kappa shape index (κ1) is 8.95. The van der Waals surface area contributed by atoms with Gasteiger partial charge in [0.15, 0.2) is 0 Å². The van der Waals surface area contributed by atoms with E-state index in [4.69, 9.17) is 0 Å². The summed E-state index contributed by atoms with van der Waals surface area (Å²) in [7, 11) is 0. The average molecular weight is 249 g/mol. The van der Waals surface area contributed by atoms with Crippen LogP contribution < -0.4 is 0 Å². The second-order valence-electron chi connectivity index (χ2n) is 0.471. The van der Waals surface area contributed by atoms with Crippen molar-refractivity contribution >= 4 is 0 Å². The first-order valence-corrected chi connectivity index (χ1v) is 1.15. The Morgan fingerprint density at radius 3 is 1.20 bits per heavy atom. The van der Waals surface area contributed by atoms with E-state index in [-0.39, 0.29) is 21.1 Å². The molecule has 0 unspecified atom stereocenters. The Bertz CT molecular complexity index is 24.6. The summed E-state index contributed by atoms with van der Waals surface area (Å²) in [4.78, 5) is 0. The normalized spacial score (nSPS) is 4.00. The van der Waals surface area contributed by atoms with Crippen molar-refractivity contribution in [1.82, 2.24) is 0 Å². The van der Waals surface area contributed by atoms with Crippen LogP contribution in [-0.2, 0) is 21.1 Å². The Hall–Kier alpha value is 0.168. The zero-order valence-electron chi connectivity index (χ0n) is 2.89. The second kappa shape index (κ2) is 8.90. The topological polar surface area (TPSA) is 0 Å². The molecule has 0 nitrogen and oxygen atoms in total. The number of rotatable bonds is 1. The molecule has 0 aliphatic heterocycles. The van der Waals surface area contributed by atoms with Crippen molar-refractivity contribution in [3.05, 3.63) is 25.3 Å². The molecule has 0 heterocycles. The van der Waals surface area contributed by atoms with Crippen molar-refractivity contribution in [3.8, 4) is 0 Å². The molecule has 0 aliphatic rings. The van der Waals surface area contributed by atoms with Crippen molar-refractivity contribution in [2.75, 3.05) is 0 Å². The fourth-order valence-corrected chi connectivity index (χ4v) is 0. The molecule has 0 saturated heterocycles. The summed E-state index contributed by atoms with van der Waals surface area (Å²) >= 11 is 0. The van der Waals surface area contributed by atoms with Gasteiger partial charge in [0.1, 0.15) is 0 Å². The fraction of sp³-hybridized carbons (Fsp3) is 0. The monoisotopic (exact) mass is 249 g/mol. The van der Waals surface area contributed by atoms with E-state index in [9.17, 15) is 0 Å². The van der Waals surface area contributed by atoms with Gasteiger partial charge >= 0.3 is 0 Å². The summed E-state index contributed by atoms with van der Waals surface area (Å²) in [5.74, 6) is 0. The summed E-state index contributed by atoms with van der Waals surface area (Å²) < 4.78 is 0. The zero-order chi connectivity index (χ0) is 3.41. The molecule has 0 rings (SSSR count). The number of allylic oxidation sites excluding steroid dienone is 2. The van der Waals surface area contributed by atoms with Crippen LogP contribution in [0.1, 0.15) is 0 Å². The molecule has 32 valence electrons. The van der Waals surface area contributed by atoms with E-state index in [0.29, 0.717) is 0 Å². The smallest absolute Gasteiger partial charge is 0 e. The molecule has 0 spiro atoms. The van der Waals surface area contributed by atoms with Gasteiger partial charge in [-0.15, -0.1) is 0 Å². The quantitative estimate of drug-likeness (QED) is 0.615. The van der Waals surface area contributed by atoms with E-state index in [1.54, 1.807) is 12.2 Å². The minimum Gasteiger partial charge on any atom is -0.0991 e. The molecule has 0 atom stereocenters. The van der Waals surface area contributed by atoms with Crippen LogP contribution in [0.4, 0.5) is 0 Å². The number of hydrogen-bond acceptors (Lipinski definition) is 0. The van der Waals surface area contributed by atoms with Crippen molar-refractivity contribution in [1.29, 1.82) is 0 Å². The first-order chi connectivity index (χ1) is 1.91. The van der Waals surface area contributed by atoms with Crippen LogP contribution in [-0.4, -0.2) is 0 Å². The second-order valence-corrected chi connectivity index (χ2v) is 0.471. The third-order valence-corrected chi connectivity index (χ3v) is 0.167. The van der Waals surface area contributed by atoms with Crippen LogP contribution >= 0.6 is 0 Å². The molecule has 0 aromatic rings. The van der Waals surface area contributed by atoms with Crippen LogP contribution in [0.5, 0.6) is 0 Å². The molecule has 0 bridgehead atoms. The standard InChI is InChI=1S/C4H6.Pt/c1-3-4-2;/h3-4H,1-2H2;. The van der Waals surface area contributed by atoms with Crippen molar-refractivity contribution in [2.24, 2.45) is 0 Å². The van der Waals surface area contributed by atoms with Gasteiger partial charge in [0, 0.05) is 21.1 Å². The molecule has 0 aromatic heterocycles. The van der Waals surface area contributed by atoms with Crippen molar-refractivity contribution in [3.63, 3.8) is 0 Å². The molecule has 0 amide bonds. The predicted molar refractivity (Wildman–Crippen MR) is 20.4 cm³/mol. The Balaban J connectivity index is 0. The van der Waals surface area contributed by atoms with Gasteiger partial charge in [-0.2, -0.15) is 0 Å². The van der Waals surface area contributed by atoms with Crippen LogP contribution in [0.3, 0.4) is 0 Å².